The Labute approximate surface area is 103 Å². The minimum atomic E-state index is -0.187. The molecule has 0 fully saturated rings. The van der Waals surface area contributed by atoms with Crippen LogP contribution in [0.1, 0.15) is 23.4 Å². The van der Waals surface area contributed by atoms with E-state index in [0.717, 1.165) is 12.8 Å². The molecule has 1 rings (SSSR count). The summed E-state index contributed by atoms with van der Waals surface area (Å²) in [4.78, 5) is 11.4. The molecule has 0 spiro atoms. The fourth-order valence-corrected chi connectivity index (χ4v) is 1.30. The van der Waals surface area contributed by atoms with Crippen molar-refractivity contribution >= 4 is 34.2 Å². The van der Waals surface area contributed by atoms with Crippen molar-refractivity contribution in [2.24, 2.45) is 5.73 Å². The number of nitrogens with two attached hydrogens (primary N) is 1. The highest BCUT2D eigenvalue weighted by Gasteiger charge is 2.08. The Bertz CT molecular complexity index is 304. The molecule has 0 aromatic carbocycles. The Hall–Kier alpha value is -0.520. The molecule has 1 heterocycles. The van der Waals surface area contributed by atoms with E-state index in [1.807, 2.05) is 0 Å². The Morgan fingerprint density at radius 1 is 1.47 bits per heavy atom. The number of furan rings is 1. The number of amides is 1. The normalized spacial score (nSPS) is 9.47. The standard InChI is InChI=1S/C9H13BrN2O2.ClH/c10-8-4-3-7(14-8)9(13)12-6-2-1-5-11;/h3-4H,1-2,5-6,11H2,(H,12,13);1H. The molecule has 0 radical (unpaired) electrons. The van der Waals surface area contributed by atoms with Gasteiger partial charge < -0.3 is 15.5 Å². The monoisotopic (exact) mass is 296 g/mol. The fourth-order valence-electron chi connectivity index (χ4n) is 0.995. The number of carbonyl (C=O) groups is 1. The summed E-state index contributed by atoms with van der Waals surface area (Å²) in [5.74, 6) is 0.136. The topological polar surface area (TPSA) is 68.3 Å². The first-order valence-corrected chi connectivity index (χ1v) is 5.27. The summed E-state index contributed by atoms with van der Waals surface area (Å²) in [6.07, 6.45) is 1.81. The predicted octanol–water partition coefficient (Wildman–Crippen LogP) is 1.93. The first-order chi connectivity index (χ1) is 6.74. The molecular formula is C9H14BrClN2O2. The molecule has 0 bridgehead atoms. The molecule has 0 atom stereocenters. The summed E-state index contributed by atoms with van der Waals surface area (Å²) in [7, 11) is 0. The molecule has 3 N–H and O–H groups in total. The maximum Gasteiger partial charge on any atom is 0.287 e. The Morgan fingerprint density at radius 3 is 2.73 bits per heavy atom. The SMILES string of the molecule is Cl.NCCCCNC(=O)c1ccc(Br)o1. The number of unbranched alkanes of at least 4 members (excludes halogenated alkanes) is 1. The van der Waals surface area contributed by atoms with Gasteiger partial charge in [-0.15, -0.1) is 12.4 Å². The van der Waals surface area contributed by atoms with Gasteiger partial charge in [0.05, 0.1) is 0 Å². The summed E-state index contributed by atoms with van der Waals surface area (Å²) < 4.78 is 5.64. The van der Waals surface area contributed by atoms with Crippen LogP contribution in [0.5, 0.6) is 0 Å². The molecule has 0 saturated heterocycles. The van der Waals surface area contributed by atoms with Crippen molar-refractivity contribution < 1.29 is 9.21 Å². The third kappa shape index (κ3) is 5.20. The first-order valence-electron chi connectivity index (χ1n) is 4.47. The van der Waals surface area contributed by atoms with E-state index >= 15 is 0 Å². The van der Waals surface area contributed by atoms with Crippen LogP contribution in [-0.2, 0) is 0 Å². The second-order valence-electron chi connectivity index (χ2n) is 2.86. The van der Waals surface area contributed by atoms with E-state index in [0.29, 0.717) is 23.5 Å². The van der Waals surface area contributed by atoms with Crippen molar-refractivity contribution in [3.05, 3.63) is 22.6 Å². The molecular weight excluding hydrogens is 283 g/mol. The Balaban J connectivity index is 0.00000196. The van der Waals surface area contributed by atoms with Crippen LogP contribution in [0.4, 0.5) is 0 Å². The molecule has 0 unspecified atom stereocenters. The average Bonchev–Trinajstić information content (AvgIpc) is 2.59. The lowest BCUT2D eigenvalue weighted by atomic mass is 10.3. The highest BCUT2D eigenvalue weighted by Crippen LogP contribution is 2.13. The van der Waals surface area contributed by atoms with Gasteiger partial charge in [-0.2, -0.15) is 0 Å². The predicted molar refractivity (Wildman–Crippen MR) is 64.3 cm³/mol. The summed E-state index contributed by atoms with van der Waals surface area (Å²) in [5, 5.41) is 2.74. The van der Waals surface area contributed by atoms with Gasteiger partial charge in [0.25, 0.3) is 5.91 Å². The number of halogens is 2. The first kappa shape index (κ1) is 14.5. The lowest BCUT2D eigenvalue weighted by Crippen LogP contribution is -2.24. The van der Waals surface area contributed by atoms with Gasteiger partial charge in [0.15, 0.2) is 10.4 Å². The molecule has 0 aliphatic rings. The molecule has 6 heteroatoms. The summed E-state index contributed by atoms with van der Waals surface area (Å²) >= 11 is 3.13. The average molecular weight is 298 g/mol. The quantitative estimate of drug-likeness (QED) is 0.816. The van der Waals surface area contributed by atoms with Crippen LogP contribution in [-0.4, -0.2) is 19.0 Å². The lowest BCUT2D eigenvalue weighted by Gasteiger charge is -2.01. The highest BCUT2D eigenvalue weighted by molar-refractivity contribution is 9.10. The van der Waals surface area contributed by atoms with Crippen molar-refractivity contribution in [3.8, 4) is 0 Å². The van der Waals surface area contributed by atoms with Gasteiger partial charge in [-0.25, -0.2) is 0 Å². The molecule has 0 saturated carbocycles. The van der Waals surface area contributed by atoms with Gasteiger partial charge in [-0.1, -0.05) is 0 Å². The number of rotatable bonds is 5. The van der Waals surface area contributed by atoms with Gasteiger partial charge in [0.2, 0.25) is 0 Å². The maximum absolute atomic E-state index is 11.4. The smallest absolute Gasteiger partial charge is 0.287 e. The van der Waals surface area contributed by atoms with Gasteiger partial charge in [-0.3, -0.25) is 4.79 Å². The lowest BCUT2D eigenvalue weighted by molar-refractivity contribution is 0.0924. The second-order valence-corrected chi connectivity index (χ2v) is 3.64. The minimum absolute atomic E-state index is 0. The van der Waals surface area contributed by atoms with E-state index < -0.39 is 0 Å². The number of hydrogen-bond donors (Lipinski definition) is 2. The second kappa shape index (κ2) is 7.73. The third-order valence-corrected chi connectivity index (χ3v) is 2.14. The zero-order valence-corrected chi connectivity index (χ0v) is 10.6. The summed E-state index contributed by atoms with van der Waals surface area (Å²) in [6.45, 7) is 1.29. The van der Waals surface area contributed by atoms with Gasteiger partial charge >= 0.3 is 0 Å². The van der Waals surface area contributed by atoms with Gasteiger partial charge in [-0.05, 0) is 47.4 Å². The van der Waals surface area contributed by atoms with Crippen molar-refractivity contribution in [1.29, 1.82) is 0 Å². The van der Waals surface area contributed by atoms with Gasteiger partial charge in [0, 0.05) is 6.54 Å². The Morgan fingerprint density at radius 2 is 2.20 bits per heavy atom. The maximum atomic E-state index is 11.4. The van der Waals surface area contributed by atoms with Crippen molar-refractivity contribution in [2.45, 2.75) is 12.8 Å². The van der Waals surface area contributed by atoms with E-state index in [1.165, 1.54) is 0 Å². The van der Waals surface area contributed by atoms with Crippen LogP contribution in [0.15, 0.2) is 21.2 Å². The van der Waals surface area contributed by atoms with Crippen LogP contribution < -0.4 is 11.1 Å². The molecule has 4 nitrogen and oxygen atoms in total. The van der Waals surface area contributed by atoms with E-state index in [2.05, 4.69) is 21.2 Å². The van der Waals surface area contributed by atoms with Crippen LogP contribution in [0.3, 0.4) is 0 Å². The zero-order chi connectivity index (χ0) is 10.4. The molecule has 0 aliphatic heterocycles. The largest absolute Gasteiger partial charge is 0.444 e. The zero-order valence-electron chi connectivity index (χ0n) is 8.16. The number of carbonyl (C=O) groups excluding carboxylic acids is 1. The molecule has 15 heavy (non-hydrogen) atoms. The van der Waals surface area contributed by atoms with Crippen molar-refractivity contribution in [2.75, 3.05) is 13.1 Å². The Kier molecular flexibility index (Phi) is 7.46. The number of nitrogens with one attached hydrogen (secondary N) is 1. The molecule has 0 aliphatic carbocycles. The van der Waals surface area contributed by atoms with Crippen LogP contribution >= 0.6 is 28.3 Å². The van der Waals surface area contributed by atoms with Crippen molar-refractivity contribution in [3.63, 3.8) is 0 Å². The van der Waals surface area contributed by atoms with Crippen LogP contribution in [0.2, 0.25) is 0 Å². The molecule has 86 valence electrons. The summed E-state index contributed by atoms with van der Waals surface area (Å²) in [6, 6.07) is 3.32. The van der Waals surface area contributed by atoms with Crippen LogP contribution in [0.25, 0.3) is 0 Å². The third-order valence-electron chi connectivity index (χ3n) is 1.71. The van der Waals surface area contributed by atoms with Crippen molar-refractivity contribution in [1.82, 2.24) is 5.32 Å². The molecule has 1 aromatic rings. The fraction of sp³-hybridized carbons (Fsp3) is 0.444. The highest BCUT2D eigenvalue weighted by atomic mass is 79.9. The minimum Gasteiger partial charge on any atom is -0.444 e. The van der Waals surface area contributed by atoms with E-state index in [4.69, 9.17) is 10.2 Å². The number of hydrogen-bond acceptors (Lipinski definition) is 3. The van der Waals surface area contributed by atoms with E-state index in [1.54, 1.807) is 12.1 Å². The van der Waals surface area contributed by atoms with E-state index in [-0.39, 0.29) is 18.3 Å². The van der Waals surface area contributed by atoms with E-state index in [9.17, 15) is 4.79 Å². The summed E-state index contributed by atoms with van der Waals surface area (Å²) in [5.41, 5.74) is 5.32. The molecule has 1 aromatic heterocycles. The van der Waals surface area contributed by atoms with Crippen LogP contribution in [0, 0.1) is 0 Å². The molecule has 1 amide bonds. The van der Waals surface area contributed by atoms with Gasteiger partial charge in [0.1, 0.15) is 0 Å².